The van der Waals surface area contributed by atoms with Crippen molar-refractivity contribution in [2.45, 2.75) is 6.92 Å². The molecule has 0 aliphatic rings. The van der Waals surface area contributed by atoms with Gasteiger partial charge < -0.3 is 5.32 Å². The maximum Gasteiger partial charge on any atom is 0.0582 e. The monoisotopic (exact) mass is 340 g/mol. The van der Waals surface area contributed by atoms with Gasteiger partial charge >= 0.3 is 0 Å². The predicted molar refractivity (Wildman–Crippen MR) is 74.1 cm³/mol. The molecule has 2 rings (SSSR count). The van der Waals surface area contributed by atoms with Crippen LogP contribution in [0.3, 0.4) is 0 Å². The highest BCUT2D eigenvalue weighted by atomic mass is 79.9. The number of anilines is 2. The van der Waals surface area contributed by atoms with Crippen molar-refractivity contribution in [3.63, 3.8) is 0 Å². The first kappa shape index (κ1) is 11.6. The van der Waals surface area contributed by atoms with Gasteiger partial charge in [-0.1, -0.05) is 15.9 Å². The van der Waals surface area contributed by atoms with Crippen LogP contribution in [0.2, 0.25) is 0 Å². The number of halogens is 2. The molecular formula is C12H10Br2N2. The molecular weight excluding hydrogens is 332 g/mol. The van der Waals surface area contributed by atoms with Crippen LogP contribution in [0.15, 0.2) is 45.6 Å². The molecule has 0 aliphatic carbocycles. The fourth-order valence-electron chi connectivity index (χ4n) is 1.46. The summed E-state index contributed by atoms with van der Waals surface area (Å²) in [6, 6.07) is 8.19. The molecule has 0 bridgehead atoms. The second-order valence-electron chi connectivity index (χ2n) is 3.53. The van der Waals surface area contributed by atoms with Crippen LogP contribution in [0.1, 0.15) is 5.56 Å². The number of aryl methyl sites for hydroxylation is 1. The Hall–Kier alpha value is -0.870. The Morgan fingerprint density at radius 1 is 0.938 bits per heavy atom. The summed E-state index contributed by atoms with van der Waals surface area (Å²) in [7, 11) is 0. The van der Waals surface area contributed by atoms with Crippen LogP contribution in [0, 0.1) is 6.92 Å². The van der Waals surface area contributed by atoms with E-state index in [-0.39, 0.29) is 0 Å². The molecule has 1 heterocycles. The topological polar surface area (TPSA) is 24.9 Å². The molecule has 0 unspecified atom stereocenters. The van der Waals surface area contributed by atoms with Crippen LogP contribution in [0.25, 0.3) is 0 Å². The Morgan fingerprint density at radius 2 is 1.69 bits per heavy atom. The highest BCUT2D eigenvalue weighted by Crippen LogP contribution is 2.23. The Labute approximate surface area is 111 Å². The molecule has 0 radical (unpaired) electrons. The molecule has 0 fully saturated rings. The predicted octanol–water partition coefficient (Wildman–Crippen LogP) is 4.66. The molecule has 0 aliphatic heterocycles. The van der Waals surface area contributed by atoms with E-state index < -0.39 is 0 Å². The van der Waals surface area contributed by atoms with E-state index in [4.69, 9.17) is 0 Å². The fraction of sp³-hybridized carbons (Fsp3) is 0.0833. The second-order valence-corrected chi connectivity index (χ2v) is 5.37. The summed E-state index contributed by atoms with van der Waals surface area (Å²) in [6.07, 6.45) is 3.55. The third-order valence-electron chi connectivity index (χ3n) is 2.04. The lowest BCUT2D eigenvalue weighted by Crippen LogP contribution is -1.91. The number of pyridine rings is 1. The summed E-state index contributed by atoms with van der Waals surface area (Å²) in [6.45, 7) is 2.06. The van der Waals surface area contributed by atoms with Crippen LogP contribution in [-0.2, 0) is 0 Å². The van der Waals surface area contributed by atoms with Crippen molar-refractivity contribution in [3.8, 4) is 0 Å². The number of benzene rings is 1. The summed E-state index contributed by atoms with van der Waals surface area (Å²) in [4.78, 5) is 4.10. The average molecular weight is 342 g/mol. The molecule has 4 heteroatoms. The van der Waals surface area contributed by atoms with Gasteiger partial charge in [0.1, 0.15) is 0 Å². The fourth-order valence-corrected chi connectivity index (χ4v) is 2.43. The normalized spacial score (nSPS) is 10.2. The minimum absolute atomic E-state index is 0.962. The molecule has 0 spiro atoms. The first-order chi connectivity index (χ1) is 7.63. The molecule has 16 heavy (non-hydrogen) atoms. The van der Waals surface area contributed by atoms with Gasteiger partial charge in [-0.3, -0.25) is 4.98 Å². The van der Waals surface area contributed by atoms with Crippen molar-refractivity contribution in [2.75, 3.05) is 5.32 Å². The third-order valence-corrected chi connectivity index (χ3v) is 2.93. The highest BCUT2D eigenvalue weighted by molar-refractivity contribution is 9.10. The zero-order valence-corrected chi connectivity index (χ0v) is 11.8. The summed E-state index contributed by atoms with van der Waals surface area (Å²) < 4.78 is 2.03. The first-order valence-corrected chi connectivity index (χ1v) is 6.37. The van der Waals surface area contributed by atoms with Gasteiger partial charge in [0.2, 0.25) is 0 Å². The molecule has 82 valence electrons. The van der Waals surface area contributed by atoms with Crippen molar-refractivity contribution in [1.29, 1.82) is 0 Å². The number of hydrogen-bond donors (Lipinski definition) is 1. The molecule has 0 atom stereocenters. The van der Waals surface area contributed by atoms with Gasteiger partial charge in [-0.15, -0.1) is 0 Å². The van der Waals surface area contributed by atoms with Crippen molar-refractivity contribution in [1.82, 2.24) is 4.98 Å². The standard InChI is InChI=1S/C12H10Br2N2/c1-8-2-9(13)4-11(3-8)16-12-5-10(14)6-15-7-12/h2-7,16H,1H3. The molecule has 2 nitrogen and oxygen atoms in total. The molecule has 1 aromatic heterocycles. The number of rotatable bonds is 2. The van der Waals surface area contributed by atoms with Gasteiger partial charge in [0.25, 0.3) is 0 Å². The number of hydrogen-bond acceptors (Lipinski definition) is 2. The zero-order chi connectivity index (χ0) is 11.5. The van der Waals surface area contributed by atoms with E-state index in [2.05, 4.69) is 61.2 Å². The summed E-state index contributed by atoms with van der Waals surface area (Å²) >= 11 is 6.87. The van der Waals surface area contributed by atoms with Gasteiger partial charge in [-0.2, -0.15) is 0 Å². The van der Waals surface area contributed by atoms with Crippen molar-refractivity contribution in [2.24, 2.45) is 0 Å². The van der Waals surface area contributed by atoms with Gasteiger partial charge in [0, 0.05) is 20.8 Å². The number of nitrogens with one attached hydrogen (secondary N) is 1. The van der Waals surface area contributed by atoms with Gasteiger partial charge in [0.15, 0.2) is 0 Å². The molecule has 1 aromatic carbocycles. The molecule has 0 saturated carbocycles. The van der Waals surface area contributed by atoms with E-state index in [0.29, 0.717) is 0 Å². The van der Waals surface area contributed by atoms with Crippen molar-refractivity contribution >= 4 is 43.2 Å². The van der Waals surface area contributed by atoms with Gasteiger partial charge in [-0.25, -0.2) is 0 Å². The largest absolute Gasteiger partial charge is 0.354 e. The van der Waals surface area contributed by atoms with Crippen LogP contribution in [0.5, 0.6) is 0 Å². The van der Waals surface area contributed by atoms with E-state index in [1.807, 2.05) is 12.1 Å². The van der Waals surface area contributed by atoms with E-state index in [1.54, 1.807) is 12.4 Å². The lowest BCUT2D eigenvalue weighted by atomic mass is 10.2. The first-order valence-electron chi connectivity index (χ1n) is 4.78. The van der Waals surface area contributed by atoms with Gasteiger partial charge in [-0.05, 0) is 52.7 Å². The Morgan fingerprint density at radius 3 is 2.38 bits per heavy atom. The zero-order valence-electron chi connectivity index (χ0n) is 8.67. The summed E-state index contributed by atoms with van der Waals surface area (Å²) in [5.74, 6) is 0. The van der Waals surface area contributed by atoms with Gasteiger partial charge in [0.05, 0.1) is 11.9 Å². The molecule has 0 saturated heterocycles. The van der Waals surface area contributed by atoms with E-state index in [9.17, 15) is 0 Å². The maximum atomic E-state index is 4.10. The Bertz CT molecular complexity index is 492. The highest BCUT2D eigenvalue weighted by Gasteiger charge is 1.98. The van der Waals surface area contributed by atoms with Crippen LogP contribution >= 0.6 is 31.9 Å². The summed E-state index contributed by atoms with van der Waals surface area (Å²) in [5, 5.41) is 3.30. The smallest absolute Gasteiger partial charge is 0.0582 e. The minimum Gasteiger partial charge on any atom is -0.354 e. The maximum absolute atomic E-state index is 4.10. The molecule has 2 aromatic rings. The van der Waals surface area contributed by atoms with Crippen LogP contribution < -0.4 is 5.32 Å². The second kappa shape index (κ2) is 4.97. The Kier molecular flexibility index (Phi) is 3.61. The van der Waals surface area contributed by atoms with Crippen LogP contribution in [-0.4, -0.2) is 4.98 Å². The quantitative estimate of drug-likeness (QED) is 0.859. The third kappa shape index (κ3) is 3.06. The minimum atomic E-state index is 0.962. The SMILES string of the molecule is Cc1cc(Br)cc(Nc2cncc(Br)c2)c1. The summed E-state index contributed by atoms with van der Waals surface area (Å²) in [5.41, 5.74) is 3.22. The molecule has 0 amide bonds. The van der Waals surface area contributed by atoms with Crippen LogP contribution in [0.4, 0.5) is 11.4 Å². The molecule has 1 N–H and O–H groups in total. The average Bonchev–Trinajstić information content (AvgIpc) is 2.15. The lowest BCUT2D eigenvalue weighted by Gasteiger charge is -2.07. The Balaban J connectivity index is 2.27. The van der Waals surface area contributed by atoms with E-state index in [1.165, 1.54) is 5.56 Å². The van der Waals surface area contributed by atoms with Crippen molar-refractivity contribution in [3.05, 3.63) is 51.2 Å². The lowest BCUT2D eigenvalue weighted by molar-refractivity contribution is 1.30. The van der Waals surface area contributed by atoms with E-state index in [0.717, 1.165) is 20.3 Å². The number of aromatic nitrogens is 1. The van der Waals surface area contributed by atoms with Crippen molar-refractivity contribution < 1.29 is 0 Å². The number of nitrogens with zero attached hydrogens (tertiary/aromatic N) is 1. The van der Waals surface area contributed by atoms with E-state index >= 15 is 0 Å².